The van der Waals surface area contributed by atoms with Crippen LogP contribution in [0.4, 0.5) is 5.69 Å². The van der Waals surface area contributed by atoms with Crippen molar-refractivity contribution in [2.45, 2.75) is 19.4 Å². The van der Waals surface area contributed by atoms with E-state index in [1.807, 2.05) is 30.3 Å². The Kier molecular flexibility index (Phi) is 6.58. The van der Waals surface area contributed by atoms with E-state index in [1.54, 1.807) is 32.4 Å². The number of methoxy groups -OCH3 is 2. The van der Waals surface area contributed by atoms with Gasteiger partial charge in [0.15, 0.2) is 11.5 Å². The lowest BCUT2D eigenvalue weighted by Gasteiger charge is -2.24. The van der Waals surface area contributed by atoms with E-state index in [-0.39, 0.29) is 11.7 Å². The van der Waals surface area contributed by atoms with Gasteiger partial charge in [-0.3, -0.25) is 9.59 Å². The summed E-state index contributed by atoms with van der Waals surface area (Å²) in [7, 11) is 3.17. The molecule has 0 bridgehead atoms. The molecule has 1 aromatic heterocycles. The van der Waals surface area contributed by atoms with Gasteiger partial charge in [0.05, 0.1) is 26.5 Å². The van der Waals surface area contributed by atoms with E-state index >= 15 is 0 Å². The lowest BCUT2D eigenvalue weighted by Crippen LogP contribution is -2.31. The first kappa shape index (κ1) is 21.9. The van der Waals surface area contributed by atoms with Crippen LogP contribution in [-0.4, -0.2) is 46.7 Å². The number of rotatable bonds is 7. The van der Waals surface area contributed by atoms with E-state index in [4.69, 9.17) is 9.47 Å². The second-order valence-electron chi connectivity index (χ2n) is 7.29. The molecule has 0 radical (unpaired) electrons. The minimum absolute atomic E-state index is 0.0437. The Labute approximate surface area is 191 Å². The minimum atomic E-state index is -0.390. The number of hydrogen-bond acceptors (Lipinski definition) is 7. The molecule has 0 aliphatic carbocycles. The van der Waals surface area contributed by atoms with Crippen molar-refractivity contribution in [2.75, 3.05) is 19.5 Å². The first-order valence-electron chi connectivity index (χ1n) is 10.3. The number of aromatic nitrogens is 2. The van der Waals surface area contributed by atoms with Crippen LogP contribution in [0.2, 0.25) is 0 Å². The predicted molar refractivity (Wildman–Crippen MR) is 122 cm³/mol. The normalized spacial score (nSPS) is 13.3. The van der Waals surface area contributed by atoms with E-state index in [9.17, 15) is 9.59 Å². The van der Waals surface area contributed by atoms with E-state index in [2.05, 4.69) is 20.4 Å². The van der Waals surface area contributed by atoms with Gasteiger partial charge in [-0.15, -0.1) is 0 Å². The average Bonchev–Trinajstić information content (AvgIpc) is 2.86. The molecule has 9 heteroatoms. The van der Waals surface area contributed by atoms with E-state index < -0.39 is 5.91 Å². The fraction of sp³-hybridized carbons (Fsp3) is 0.208. The van der Waals surface area contributed by atoms with Gasteiger partial charge in [0.1, 0.15) is 0 Å². The van der Waals surface area contributed by atoms with Crippen LogP contribution >= 0.6 is 0 Å². The Balaban J connectivity index is 1.46. The first-order valence-corrected chi connectivity index (χ1v) is 10.3. The number of carbonyl (C=O) groups is 2. The summed E-state index contributed by atoms with van der Waals surface area (Å²) in [5, 5.41) is 8.81. The summed E-state index contributed by atoms with van der Waals surface area (Å²) in [5.41, 5.74) is 3.18. The van der Waals surface area contributed by atoms with E-state index in [1.165, 1.54) is 17.4 Å². The smallest absolute Gasteiger partial charge is 0.293 e. The zero-order chi connectivity index (χ0) is 23.2. The molecule has 168 valence electrons. The highest BCUT2D eigenvalue weighted by molar-refractivity contribution is 6.04. The SMILES string of the molecule is COc1ccc(C2=NN(Cc3ccc(NC(=O)c4ncccn4)cc3)C(=O)CC2)cc1OC. The number of nitrogens with one attached hydrogen (secondary N) is 1. The van der Waals surface area contributed by atoms with Crippen LogP contribution in [0.3, 0.4) is 0 Å². The molecule has 0 atom stereocenters. The summed E-state index contributed by atoms with van der Waals surface area (Å²) < 4.78 is 10.7. The highest BCUT2D eigenvalue weighted by Crippen LogP contribution is 2.29. The summed E-state index contributed by atoms with van der Waals surface area (Å²) in [6.07, 6.45) is 3.95. The number of carbonyl (C=O) groups excluding carboxylic acids is 2. The summed E-state index contributed by atoms with van der Waals surface area (Å²) >= 11 is 0. The molecule has 0 unspecified atom stereocenters. The van der Waals surface area contributed by atoms with Crippen molar-refractivity contribution in [1.29, 1.82) is 0 Å². The zero-order valence-electron chi connectivity index (χ0n) is 18.3. The van der Waals surface area contributed by atoms with Gasteiger partial charge < -0.3 is 14.8 Å². The maximum absolute atomic E-state index is 12.5. The molecule has 2 amide bonds. The molecule has 0 saturated carbocycles. The molecule has 4 rings (SSSR count). The molecule has 0 spiro atoms. The Morgan fingerprint density at radius 3 is 2.42 bits per heavy atom. The van der Waals surface area contributed by atoms with Crippen LogP contribution in [-0.2, 0) is 11.3 Å². The van der Waals surface area contributed by atoms with Gasteiger partial charge in [0.2, 0.25) is 11.7 Å². The number of anilines is 1. The predicted octanol–water partition coefficient (Wildman–Crippen LogP) is 3.27. The van der Waals surface area contributed by atoms with Crippen LogP contribution < -0.4 is 14.8 Å². The molecule has 1 N–H and O–H groups in total. The molecular weight excluding hydrogens is 422 g/mol. The third-order valence-corrected chi connectivity index (χ3v) is 5.13. The summed E-state index contributed by atoms with van der Waals surface area (Å²) in [6, 6.07) is 14.5. The number of hydrogen-bond donors (Lipinski definition) is 1. The number of amides is 2. The number of hydrazone groups is 1. The number of nitrogens with zero attached hydrogens (tertiary/aromatic N) is 4. The monoisotopic (exact) mass is 445 g/mol. The largest absolute Gasteiger partial charge is 0.493 e. The summed E-state index contributed by atoms with van der Waals surface area (Å²) in [6.45, 7) is 0.325. The molecule has 1 aliphatic rings. The second kappa shape index (κ2) is 9.90. The Hall–Kier alpha value is -4.27. The number of ether oxygens (including phenoxy) is 2. The van der Waals surface area contributed by atoms with Gasteiger partial charge in [-0.25, -0.2) is 15.0 Å². The van der Waals surface area contributed by atoms with Crippen LogP contribution in [0.25, 0.3) is 0 Å². The standard InChI is InChI=1S/C24H23N5O4/c1-32-20-10-6-17(14-21(20)33-2)19-9-11-22(30)29(28-19)15-16-4-7-18(8-5-16)27-24(31)23-25-12-3-13-26-23/h3-8,10,12-14H,9,11,15H2,1-2H3,(H,27,31). The van der Waals surface area contributed by atoms with Crippen molar-refractivity contribution in [3.63, 3.8) is 0 Å². The summed E-state index contributed by atoms with van der Waals surface area (Å²) in [4.78, 5) is 32.5. The van der Waals surface area contributed by atoms with Gasteiger partial charge in [-0.1, -0.05) is 12.1 Å². The number of benzene rings is 2. The molecule has 3 aromatic rings. The minimum Gasteiger partial charge on any atom is -0.493 e. The van der Waals surface area contributed by atoms with Crippen LogP contribution in [0.15, 0.2) is 66.0 Å². The topological polar surface area (TPSA) is 106 Å². The van der Waals surface area contributed by atoms with Crippen molar-refractivity contribution in [2.24, 2.45) is 5.10 Å². The van der Waals surface area contributed by atoms with Crippen molar-refractivity contribution in [3.05, 3.63) is 77.9 Å². The highest BCUT2D eigenvalue weighted by atomic mass is 16.5. The van der Waals surface area contributed by atoms with Crippen LogP contribution in [0.5, 0.6) is 11.5 Å². The van der Waals surface area contributed by atoms with Gasteiger partial charge in [0.25, 0.3) is 5.91 Å². The molecule has 33 heavy (non-hydrogen) atoms. The van der Waals surface area contributed by atoms with E-state index in [0.29, 0.717) is 36.6 Å². The quantitative estimate of drug-likeness (QED) is 0.598. The fourth-order valence-electron chi connectivity index (χ4n) is 3.42. The molecular formula is C24H23N5O4. The Morgan fingerprint density at radius 1 is 1.00 bits per heavy atom. The third-order valence-electron chi connectivity index (χ3n) is 5.13. The van der Waals surface area contributed by atoms with Gasteiger partial charge in [-0.2, -0.15) is 5.10 Å². The second-order valence-corrected chi connectivity index (χ2v) is 7.29. The molecule has 9 nitrogen and oxygen atoms in total. The highest BCUT2D eigenvalue weighted by Gasteiger charge is 2.22. The Morgan fingerprint density at radius 2 is 1.73 bits per heavy atom. The molecule has 2 aromatic carbocycles. The molecule has 0 fully saturated rings. The molecule has 1 aliphatic heterocycles. The lowest BCUT2D eigenvalue weighted by atomic mass is 10.0. The average molecular weight is 445 g/mol. The summed E-state index contributed by atoms with van der Waals surface area (Å²) in [5.74, 6) is 0.908. The van der Waals surface area contributed by atoms with Gasteiger partial charge in [0, 0.05) is 36.5 Å². The van der Waals surface area contributed by atoms with Crippen molar-refractivity contribution in [1.82, 2.24) is 15.0 Å². The Bertz CT molecular complexity index is 1180. The fourth-order valence-corrected chi connectivity index (χ4v) is 3.42. The van der Waals surface area contributed by atoms with Gasteiger partial charge >= 0.3 is 0 Å². The zero-order valence-corrected chi connectivity index (χ0v) is 18.3. The van der Waals surface area contributed by atoms with Crippen molar-refractivity contribution >= 4 is 23.2 Å². The maximum Gasteiger partial charge on any atom is 0.293 e. The van der Waals surface area contributed by atoms with Gasteiger partial charge in [-0.05, 0) is 42.0 Å². The van der Waals surface area contributed by atoms with E-state index in [0.717, 1.165) is 16.8 Å². The maximum atomic E-state index is 12.5. The van der Waals surface area contributed by atoms with Crippen molar-refractivity contribution < 1.29 is 19.1 Å². The van der Waals surface area contributed by atoms with Crippen LogP contribution in [0.1, 0.15) is 34.6 Å². The first-order chi connectivity index (χ1) is 16.1. The lowest BCUT2D eigenvalue weighted by molar-refractivity contribution is -0.132. The third kappa shape index (κ3) is 5.15. The van der Waals surface area contributed by atoms with Crippen LogP contribution in [0, 0.1) is 0 Å². The molecule has 2 heterocycles. The van der Waals surface area contributed by atoms with Crippen molar-refractivity contribution in [3.8, 4) is 11.5 Å². The molecule has 0 saturated heterocycles.